The normalized spacial score (nSPS) is 12.8. The van der Waals surface area contributed by atoms with Gasteiger partial charge in [-0.2, -0.15) is 11.3 Å². The molecule has 114 valence electrons. The summed E-state index contributed by atoms with van der Waals surface area (Å²) in [5.41, 5.74) is 2.43. The number of hydrogen-bond donors (Lipinski definition) is 1. The Bertz CT molecular complexity index is 557. The van der Waals surface area contributed by atoms with Gasteiger partial charge >= 0.3 is 0 Å². The maximum absolute atomic E-state index is 6.31. The van der Waals surface area contributed by atoms with Gasteiger partial charge in [-0.3, -0.25) is 0 Å². The average molecular weight is 343 g/mol. The summed E-state index contributed by atoms with van der Waals surface area (Å²) in [6.07, 6.45) is 0.983. The number of nitrogens with one attached hydrogen (secondary N) is 1. The molecule has 2 aromatic rings. The minimum atomic E-state index is 0.209. The van der Waals surface area contributed by atoms with Crippen LogP contribution in [0.3, 0.4) is 0 Å². The van der Waals surface area contributed by atoms with E-state index in [0.29, 0.717) is 10.0 Å². The van der Waals surface area contributed by atoms with Gasteiger partial charge in [0.05, 0.1) is 10.0 Å². The molecule has 1 unspecified atom stereocenters. The third-order valence-corrected chi connectivity index (χ3v) is 5.10. The summed E-state index contributed by atoms with van der Waals surface area (Å²) in [6, 6.07) is 8.19. The number of thiophene rings is 1. The summed E-state index contributed by atoms with van der Waals surface area (Å²) in [5.74, 6) is 0. The van der Waals surface area contributed by atoms with Crippen LogP contribution in [0.4, 0.5) is 0 Å². The van der Waals surface area contributed by atoms with E-state index in [4.69, 9.17) is 23.2 Å². The molecular formula is C16H20Cl2N2S. The molecule has 0 spiro atoms. The number of nitrogens with zero attached hydrogens (tertiary/aromatic N) is 1. The van der Waals surface area contributed by atoms with Crippen LogP contribution in [0.2, 0.25) is 10.0 Å². The molecule has 0 aliphatic carbocycles. The van der Waals surface area contributed by atoms with Crippen LogP contribution in [0.1, 0.15) is 23.6 Å². The van der Waals surface area contributed by atoms with E-state index in [1.165, 1.54) is 5.56 Å². The van der Waals surface area contributed by atoms with E-state index in [1.54, 1.807) is 11.3 Å². The molecule has 1 aromatic carbocycles. The van der Waals surface area contributed by atoms with Crippen LogP contribution >= 0.6 is 34.5 Å². The van der Waals surface area contributed by atoms with Crippen molar-refractivity contribution in [1.29, 1.82) is 0 Å². The molecule has 1 atom stereocenters. The molecule has 1 heterocycles. The maximum atomic E-state index is 6.31. The Hall–Kier alpha value is -0.580. The van der Waals surface area contributed by atoms with E-state index in [9.17, 15) is 0 Å². The topological polar surface area (TPSA) is 15.3 Å². The van der Waals surface area contributed by atoms with Crippen molar-refractivity contribution in [3.8, 4) is 0 Å². The minimum Gasteiger partial charge on any atom is -0.313 e. The predicted octanol–water partition coefficient (Wildman–Crippen LogP) is 4.84. The van der Waals surface area contributed by atoms with Crippen LogP contribution < -0.4 is 5.32 Å². The van der Waals surface area contributed by atoms with E-state index in [-0.39, 0.29) is 6.04 Å². The zero-order chi connectivity index (χ0) is 15.2. The lowest BCUT2D eigenvalue weighted by Gasteiger charge is -2.22. The van der Waals surface area contributed by atoms with Crippen molar-refractivity contribution in [3.05, 3.63) is 56.2 Å². The first-order chi connectivity index (χ1) is 10.1. The molecule has 0 aliphatic rings. The van der Waals surface area contributed by atoms with Gasteiger partial charge in [-0.1, -0.05) is 35.3 Å². The Kier molecular flexibility index (Phi) is 6.52. The Morgan fingerprint density at radius 1 is 1.29 bits per heavy atom. The number of hydrogen-bond acceptors (Lipinski definition) is 3. The van der Waals surface area contributed by atoms with Gasteiger partial charge in [-0.15, -0.1) is 0 Å². The number of rotatable bonds is 7. The van der Waals surface area contributed by atoms with E-state index in [1.807, 2.05) is 25.2 Å². The van der Waals surface area contributed by atoms with Crippen molar-refractivity contribution in [2.75, 3.05) is 20.6 Å². The second kappa shape index (κ2) is 8.16. The average Bonchev–Trinajstić information content (AvgIpc) is 2.96. The Morgan fingerprint density at radius 2 is 2.10 bits per heavy atom. The number of halogens is 2. The van der Waals surface area contributed by atoms with Gasteiger partial charge in [-0.25, -0.2) is 0 Å². The zero-order valence-electron chi connectivity index (χ0n) is 12.3. The molecule has 21 heavy (non-hydrogen) atoms. The third kappa shape index (κ3) is 4.70. The van der Waals surface area contributed by atoms with E-state index < -0.39 is 0 Å². The Morgan fingerprint density at radius 3 is 2.76 bits per heavy atom. The van der Waals surface area contributed by atoms with Gasteiger partial charge in [0, 0.05) is 12.6 Å². The highest BCUT2D eigenvalue weighted by Crippen LogP contribution is 2.31. The molecule has 5 heteroatoms. The predicted molar refractivity (Wildman–Crippen MR) is 93.5 cm³/mol. The van der Waals surface area contributed by atoms with E-state index in [0.717, 1.165) is 25.1 Å². The van der Waals surface area contributed by atoms with E-state index >= 15 is 0 Å². The molecule has 0 radical (unpaired) electrons. The van der Waals surface area contributed by atoms with Crippen LogP contribution in [0, 0.1) is 0 Å². The fourth-order valence-electron chi connectivity index (χ4n) is 2.37. The van der Waals surface area contributed by atoms with Gasteiger partial charge in [0.2, 0.25) is 0 Å². The summed E-state index contributed by atoms with van der Waals surface area (Å²) < 4.78 is 0. The smallest absolute Gasteiger partial charge is 0.0640 e. The summed E-state index contributed by atoms with van der Waals surface area (Å²) >= 11 is 14.2. The molecule has 2 nitrogen and oxygen atoms in total. The van der Waals surface area contributed by atoms with Crippen LogP contribution in [0.15, 0.2) is 35.0 Å². The highest BCUT2D eigenvalue weighted by molar-refractivity contribution is 7.07. The molecule has 2 rings (SSSR count). The highest BCUT2D eigenvalue weighted by Gasteiger charge is 2.15. The largest absolute Gasteiger partial charge is 0.313 e. The van der Waals surface area contributed by atoms with Gasteiger partial charge < -0.3 is 10.2 Å². The van der Waals surface area contributed by atoms with Crippen LogP contribution in [-0.4, -0.2) is 25.5 Å². The summed E-state index contributed by atoms with van der Waals surface area (Å²) in [4.78, 5) is 2.32. The van der Waals surface area contributed by atoms with Gasteiger partial charge in [0.1, 0.15) is 0 Å². The molecule has 1 aromatic heterocycles. The first-order valence-electron chi connectivity index (χ1n) is 6.92. The molecule has 0 saturated carbocycles. The second-order valence-electron chi connectivity index (χ2n) is 5.14. The zero-order valence-corrected chi connectivity index (χ0v) is 14.6. The lowest BCUT2D eigenvalue weighted by atomic mass is 10.0. The quantitative estimate of drug-likeness (QED) is 0.774. The molecule has 0 amide bonds. The van der Waals surface area contributed by atoms with Gasteiger partial charge in [0.15, 0.2) is 0 Å². The molecule has 1 N–H and O–H groups in total. The highest BCUT2D eigenvalue weighted by atomic mass is 35.5. The summed E-state index contributed by atoms with van der Waals surface area (Å²) in [6.45, 7) is 1.97. The monoisotopic (exact) mass is 342 g/mol. The number of benzene rings is 1. The Labute approximate surface area is 140 Å². The molecular weight excluding hydrogens is 323 g/mol. The molecule has 0 saturated heterocycles. The van der Waals surface area contributed by atoms with Crippen LogP contribution in [0.25, 0.3) is 0 Å². The Balaban J connectivity index is 1.94. The molecule has 0 bridgehead atoms. The van der Waals surface area contributed by atoms with Crippen LogP contribution in [-0.2, 0) is 6.54 Å². The molecule has 0 aliphatic heterocycles. The first kappa shape index (κ1) is 16.8. The summed E-state index contributed by atoms with van der Waals surface area (Å²) in [5, 5.41) is 8.91. The van der Waals surface area contributed by atoms with Crippen molar-refractivity contribution < 1.29 is 0 Å². The fraction of sp³-hybridized carbons (Fsp3) is 0.375. The second-order valence-corrected chi connectivity index (χ2v) is 6.71. The first-order valence-corrected chi connectivity index (χ1v) is 8.62. The fourth-order valence-corrected chi connectivity index (χ4v) is 3.47. The van der Waals surface area contributed by atoms with Crippen LogP contribution in [0.5, 0.6) is 0 Å². The summed E-state index contributed by atoms with van der Waals surface area (Å²) in [7, 11) is 4.10. The lowest BCUT2D eigenvalue weighted by molar-refractivity contribution is 0.304. The van der Waals surface area contributed by atoms with Crippen molar-refractivity contribution in [2.24, 2.45) is 0 Å². The van der Waals surface area contributed by atoms with Gasteiger partial charge in [-0.05, 0) is 61.1 Å². The van der Waals surface area contributed by atoms with Gasteiger partial charge in [0.25, 0.3) is 0 Å². The minimum absolute atomic E-state index is 0.209. The lowest BCUT2D eigenvalue weighted by Crippen LogP contribution is -2.25. The standard InChI is InChI=1S/C16H20Cl2N2S/c1-19-15(13-4-3-5-14(17)16(13)18)6-8-20(2)10-12-7-9-21-11-12/h3-5,7,9,11,15,19H,6,8,10H2,1-2H3. The van der Waals surface area contributed by atoms with Crippen molar-refractivity contribution in [1.82, 2.24) is 10.2 Å². The maximum Gasteiger partial charge on any atom is 0.0640 e. The van der Waals surface area contributed by atoms with Crippen molar-refractivity contribution in [3.63, 3.8) is 0 Å². The van der Waals surface area contributed by atoms with Crippen molar-refractivity contribution >= 4 is 34.5 Å². The van der Waals surface area contributed by atoms with E-state index in [2.05, 4.69) is 34.1 Å². The SMILES string of the molecule is CNC(CCN(C)Cc1ccsc1)c1cccc(Cl)c1Cl. The van der Waals surface area contributed by atoms with Crippen molar-refractivity contribution in [2.45, 2.75) is 19.0 Å². The molecule has 0 fully saturated rings. The third-order valence-electron chi connectivity index (χ3n) is 3.54.